The second kappa shape index (κ2) is 7.67. The highest BCUT2D eigenvalue weighted by Gasteiger charge is 2.23. The molecule has 0 aliphatic rings. The average molecular weight is 359 g/mol. The summed E-state index contributed by atoms with van der Waals surface area (Å²) in [7, 11) is 1.64. The summed E-state index contributed by atoms with van der Waals surface area (Å²) in [5.74, 6) is -0.855. The van der Waals surface area contributed by atoms with Crippen LogP contribution >= 0.6 is 11.8 Å². The van der Waals surface area contributed by atoms with E-state index in [9.17, 15) is 9.18 Å². The zero-order chi connectivity index (χ0) is 17.8. The number of benzene rings is 2. The number of carbonyl (C=O) groups is 1. The Morgan fingerprint density at radius 1 is 1.28 bits per heavy atom. The minimum atomic E-state index is -0.654. The molecular weight excluding hydrogens is 341 g/mol. The second-order valence-corrected chi connectivity index (χ2v) is 6.55. The van der Waals surface area contributed by atoms with Gasteiger partial charge >= 0.3 is 0 Å². The van der Waals surface area contributed by atoms with Gasteiger partial charge in [0.2, 0.25) is 5.91 Å². The van der Waals surface area contributed by atoms with E-state index in [4.69, 9.17) is 10.5 Å². The van der Waals surface area contributed by atoms with E-state index < -0.39 is 11.2 Å². The minimum absolute atomic E-state index is 0.357. The SMILES string of the molecule is COCCn1c(S[C@H](C(N)=O)c2ccc(F)cc2)nc2ccccc21. The molecule has 0 aliphatic heterocycles. The summed E-state index contributed by atoms with van der Waals surface area (Å²) in [4.78, 5) is 16.6. The molecule has 1 amide bonds. The molecule has 0 unspecified atom stereocenters. The first-order valence-electron chi connectivity index (χ1n) is 7.76. The molecule has 1 atom stereocenters. The molecule has 0 aliphatic carbocycles. The average Bonchev–Trinajstić information content (AvgIpc) is 2.96. The lowest BCUT2D eigenvalue weighted by Gasteiger charge is -2.14. The van der Waals surface area contributed by atoms with Gasteiger partial charge in [0.1, 0.15) is 11.1 Å². The molecule has 5 nitrogen and oxygen atoms in total. The summed E-state index contributed by atoms with van der Waals surface area (Å²) in [5.41, 5.74) is 8.03. The monoisotopic (exact) mass is 359 g/mol. The molecule has 0 saturated carbocycles. The highest BCUT2D eigenvalue weighted by Crippen LogP contribution is 2.36. The summed E-state index contributed by atoms with van der Waals surface area (Å²) in [6.45, 7) is 1.12. The van der Waals surface area contributed by atoms with Gasteiger partial charge in [-0.15, -0.1) is 0 Å². The largest absolute Gasteiger partial charge is 0.383 e. The molecule has 0 saturated heterocycles. The molecule has 3 aromatic rings. The summed E-state index contributed by atoms with van der Waals surface area (Å²) < 4.78 is 20.3. The topological polar surface area (TPSA) is 70.1 Å². The fourth-order valence-corrected chi connectivity index (χ4v) is 3.66. The highest BCUT2D eigenvalue weighted by molar-refractivity contribution is 8.00. The highest BCUT2D eigenvalue weighted by atomic mass is 32.2. The summed E-state index contributed by atoms with van der Waals surface area (Å²) in [5, 5.41) is 0.0186. The number of aromatic nitrogens is 2. The van der Waals surface area contributed by atoms with Crippen LogP contribution in [-0.2, 0) is 16.1 Å². The van der Waals surface area contributed by atoms with Crippen LogP contribution in [0.2, 0.25) is 0 Å². The van der Waals surface area contributed by atoms with Gasteiger partial charge in [-0.3, -0.25) is 4.79 Å². The number of amides is 1. The number of imidazole rings is 1. The zero-order valence-corrected chi connectivity index (χ0v) is 14.5. The van der Waals surface area contributed by atoms with Crippen molar-refractivity contribution in [3.63, 3.8) is 0 Å². The lowest BCUT2D eigenvalue weighted by Crippen LogP contribution is -2.19. The number of methoxy groups -OCH3 is 1. The van der Waals surface area contributed by atoms with E-state index in [0.29, 0.717) is 23.9 Å². The molecule has 3 rings (SSSR count). The Kier molecular flexibility index (Phi) is 5.35. The molecule has 0 fully saturated rings. The van der Waals surface area contributed by atoms with Crippen LogP contribution in [0.1, 0.15) is 10.8 Å². The van der Waals surface area contributed by atoms with E-state index in [1.54, 1.807) is 19.2 Å². The zero-order valence-electron chi connectivity index (χ0n) is 13.7. The molecule has 1 aromatic heterocycles. The van der Waals surface area contributed by atoms with E-state index in [0.717, 1.165) is 11.0 Å². The van der Waals surface area contributed by atoms with Crippen molar-refractivity contribution in [1.82, 2.24) is 9.55 Å². The van der Waals surface area contributed by atoms with E-state index in [-0.39, 0.29) is 5.82 Å². The molecule has 130 valence electrons. The summed E-state index contributed by atoms with van der Waals surface area (Å²) >= 11 is 1.26. The van der Waals surface area contributed by atoms with Gasteiger partial charge in [0.25, 0.3) is 0 Å². The van der Waals surface area contributed by atoms with Crippen LogP contribution in [0.5, 0.6) is 0 Å². The Balaban J connectivity index is 1.99. The third-order valence-electron chi connectivity index (χ3n) is 3.79. The van der Waals surface area contributed by atoms with E-state index in [1.807, 2.05) is 28.8 Å². The van der Waals surface area contributed by atoms with Crippen LogP contribution in [-0.4, -0.2) is 29.2 Å². The fourth-order valence-electron chi connectivity index (χ4n) is 2.58. The lowest BCUT2D eigenvalue weighted by molar-refractivity contribution is -0.117. The molecular formula is C18H18FN3O2S. The molecule has 0 spiro atoms. The number of carbonyl (C=O) groups excluding carboxylic acids is 1. The van der Waals surface area contributed by atoms with Crippen molar-refractivity contribution in [2.45, 2.75) is 17.0 Å². The lowest BCUT2D eigenvalue weighted by atomic mass is 10.1. The van der Waals surface area contributed by atoms with E-state index in [1.165, 1.54) is 23.9 Å². The summed E-state index contributed by atoms with van der Waals surface area (Å²) in [6, 6.07) is 13.5. The number of rotatable bonds is 7. The summed E-state index contributed by atoms with van der Waals surface area (Å²) in [6.07, 6.45) is 0. The second-order valence-electron chi connectivity index (χ2n) is 5.48. The third-order valence-corrected chi connectivity index (χ3v) is 5.06. The van der Waals surface area contributed by atoms with Gasteiger partial charge in [-0.25, -0.2) is 9.37 Å². The maximum Gasteiger partial charge on any atom is 0.235 e. The van der Waals surface area contributed by atoms with E-state index in [2.05, 4.69) is 4.98 Å². The van der Waals surface area contributed by atoms with Gasteiger partial charge in [0, 0.05) is 13.7 Å². The number of thioether (sulfide) groups is 1. The molecule has 1 heterocycles. The van der Waals surface area contributed by atoms with Crippen LogP contribution in [0.4, 0.5) is 4.39 Å². The number of para-hydroxylation sites is 2. The van der Waals surface area contributed by atoms with E-state index >= 15 is 0 Å². The smallest absolute Gasteiger partial charge is 0.235 e. The fraction of sp³-hybridized carbons (Fsp3) is 0.222. The number of fused-ring (bicyclic) bond motifs is 1. The molecule has 7 heteroatoms. The van der Waals surface area contributed by atoms with Crippen molar-refractivity contribution in [2.75, 3.05) is 13.7 Å². The maximum atomic E-state index is 13.2. The molecule has 2 aromatic carbocycles. The van der Waals surface area contributed by atoms with Crippen LogP contribution < -0.4 is 5.73 Å². The minimum Gasteiger partial charge on any atom is -0.383 e. The first kappa shape index (κ1) is 17.4. The van der Waals surface area contributed by atoms with Gasteiger partial charge in [0.05, 0.1) is 17.6 Å². The Morgan fingerprint density at radius 3 is 2.68 bits per heavy atom. The van der Waals surface area contributed by atoms with Crippen molar-refractivity contribution in [1.29, 1.82) is 0 Å². The Labute approximate surface area is 149 Å². The van der Waals surface area contributed by atoms with Crippen molar-refractivity contribution < 1.29 is 13.9 Å². The Hall–Kier alpha value is -2.38. The quantitative estimate of drug-likeness (QED) is 0.658. The van der Waals surface area contributed by atoms with Gasteiger partial charge < -0.3 is 15.0 Å². The van der Waals surface area contributed by atoms with Crippen molar-refractivity contribution in [3.8, 4) is 0 Å². The number of halogens is 1. The number of primary amides is 1. The molecule has 0 bridgehead atoms. The van der Waals surface area contributed by atoms with Crippen molar-refractivity contribution in [3.05, 3.63) is 59.9 Å². The number of hydrogen-bond acceptors (Lipinski definition) is 4. The molecule has 25 heavy (non-hydrogen) atoms. The van der Waals surface area contributed by atoms with Crippen LogP contribution in [0.25, 0.3) is 11.0 Å². The number of ether oxygens (including phenoxy) is 1. The van der Waals surface area contributed by atoms with Crippen molar-refractivity contribution >= 4 is 28.7 Å². The number of nitrogens with two attached hydrogens (primary N) is 1. The normalized spacial score (nSPS) is 12.4. The van der Waals surface area contributed by atoms with Crippen LogP contribution in [0.15, 0.2) is 53.7 Å². The molecule has 0 radical (unpaired) electrons. The van der Waals surface area contributed by atoms with Gasteiger partial charge in [-0.1, -0.05) is 36.0 Å². The number of nitrogens with zero attached hydrogens (tertiary/aromatic N) is 2. The Bertz CT molecular complexity index is 880. The van der Waals surface area contributed by atoms with Gasteiger partial charge in [0.15, 0.2) is 5.16 Å². The first-order valence-corrected chi connectivity index (χ1v) is 8.63. The van der Waals surface area contributed by atoms with Gasteiger partial charge in [-0.2, -0.15) is 0 Å². The number of hydrogen-bond donors (Lipinski definition) is 1. The standard InChI is InChI=1S/C18H18FN3O2S/c1-24-11-10-22-15-5-3-2-4-14(15)21-18(22)25-16(17(20)23)12-6-8-13(19)9-7-12/h2-9,16H,10-11H2,1H3,(H2,20,23)/t16-/m0/s1. The Morgan fingerprint density at radius 2 is 2.00 bits per heavy atom. The predicted octanol–water partition coefficient (Wildman–Crippen LogP) is 3.14. The van der Waals surface area contributed by atoms with Crippen LogP contribution in [0.3, 0.4) is 0 Å². The van der Waals surface area contributed by atoms with Crippen molar-refractivity contribution in [2.24, 2.45) is 5.73 Å². The molecule has 2 N–H and O–H groups in total. The maximum absolute atomic E-state index is 13.2. The van der Waals surface area contributed by atoms with Crippen LogP contribution in [0, 0.1) is 5.82 Å². The third kappa shape index (κ3) is 3.83. The first-order chi connectivity index (χ1) is 12.1. The van der Waals surface area contributed by atoms with Gasteiger partial charge in [-0.05, 0) is 29.8 Å². The predicted molar refractivity (Wildman–Crippen MR) is 95.8 cm³/mol.